The number of anilines is 1. The largest absolute Gasteiger partial charge is 0.399 e. The number of nitrogens with two attached hydrogens (primary N) is 1. The third-order valence-corrected chi connectivity index (χ3v) is 6.24. The van der Waals surface area contributed by atoms with Crippen LogP contribution < -0.4 is 11.1 Å². The molecule has 0 aliphatic heterocycles. The number of pyridine rings is 1. The van der Waals surface area contributed by atoms with Crippen LogP contribution in [0.4, 0.5) is 5.69 Å². The predicted octanol–water partition coefficient (Wildman–Crippen LogP) is 5.49. The number of rotatable bonds is 4. The Morgan fingerprint density at radius 1 is 1.10 bits per heavy atom. The quantitative estimate of drug-likeness (QED) is 0.582. The molecule has 0 saturated heterocycles. The minimum atomic E-state index is -0.0186. The maximum atomic E-state index is 13.4. The van der Waals surface area contributed by atoms with Gasteiger partial charge in [0, 0.05) is 22.7 Å². The zero-order chi connectivity index (χ0) is 20.4. The normalized spacial score (nSPS) is 15.9. The summed E-state index contributed by atoms with van der Waals surface area (Å²) in [7, 11) is 0. The van der Waals surface area contributed by atoms with E-state index in [1.54, 1.807) is 0 Å². The van der Waals surface area contributed by atoms with Crippen LogP contribution in [0, 0.1) is 12.8 Å². The lowest BCUT2D eigenvalue weighted by Crippen LogP contribution is -2.39. The first-order chi connectivity index (χ1) is 14.0. The second kappa shape index (κ2) is 8.24. The molecule has 4 rings (SSSR count). The van der Waals surface area contributed by atoms with Crippen LogP contribution >= 0.6 is 0 Å². The van der Waals surface area contributed by atoms with Gasteiger partial charge in [-0.05, 0) is 56.4 Å². The molecule has 1 amide bonds. The molecule has 1 aromatic heterocycles. The summed E-state index contributed by atoms with van der Waals surface area (Å²) in [5.74, 6) is 0.542. The molecule has 1 atom stereocenters. The molecular weight excluding hydrogens is 358 g/mol. The molecule has 0 bridgehead atoms. The number of hydrogen-bond donors (Lipinski definition) is 2. The highest BCUT2D eigenvalue weighted by molar-refractivity contribution is 6.09. The summed E-state index contributed by atoms with van der Waals surface area (Å²) in [5.41, 5.74) is 10.9. The molecule has 1 aliphatic rings. The van der Waals surface area contributed by atoms with Crippen molar-refractivity contribution in [3.8, 4) is 11.3 Å². The van der Waals surface area contributed by atoms with E-state index in [9.17, 15) is 4.79 Å². The van der Waals surface area contributed by atoms with Crippen molar-refractivity contribution in [1.29, 1.82) is 0 Å². The summed E-state index contributed by atoms with van der Waals surface area (Å²) >= 11 is 0. The Bertz CT molecular complexity index is 1020. The molecule has 3 aromatic rings. The molecule has 1 aliphatic carbocycles. The molecule has 0 spiro atoms. The zero-order valence-electron chi connectivity index (χ0n) is 17.2. The molecule has 150 valence electrons. The molecule has 1 heterocycles. The van der Waals surface area contributed by atoms with Crippen molar-refractivity contribution in [2.24, 2.45) is 5.92 Å². The van der Waals surface area contributed by atoms with Crippen LogP contribution in [-0.4, -0.2) is 16.9 Å². The van der Waals surface area contributed by atoms with Gasteiger partial charge in [-0.2, -0.15) is 0 Å². The van der Waals surface area contributed by atoms with E-state index in [0.29, 0.717) is 17.2 Å². The second-order valence-electron chi connectivity index (χ2n) is 8.26. The number of amides is 1. The third kappa shape index (κ3) is 3.98. The molecule has 29 heavy (non-hydrogen) atoms. The molecular formula is C25H29N3O. The summed E-state index contributed by atoms with van der Waals surface area (Å²) in [6.45, 7) is 4.13. The van der Waals surface area contributed by atoms with E-state index in [-0.39, 0.29) is 11.9 Å². The first-order valence-electron chi connectivity index (χ1n) is 10.6. The SMILES string of the molecule is Cc1c(-c2ccccc2)nc2cc(N)ccc2c1C(=O)N[C@@H](C)C1CCCCC1. The topological polar surface area (TPSA) is 68.0 Å². The Kier molecular flexibility index (Phi) is 5.52. The molecule has 2 aromatic carbocycles. The van der Waals surface area contributed by atoms with Gasteiger partial charge in [0.25, 0.3) is 5.91 Å². The van der Waals surface area contributed by atoms with Crippen LogP contribution in [0.25, 0.3) is 22.2 Å². The van der Waals surface area contributed by atoms with Crippen LogP contribution in [0.15, 0.2) is 48.5 Å². The van der Waals surface area contributed by atoms with Gasteiger partial charge in [-0.25, -0.2) is 4.98 Å². The summed E-state index contributed by atoms with van der Waals surface area (Å²) < 4.78 is 0. The predicted molar refractivity (Wildman–Crippen MR) is 120 cm³/mol. The lowest BCUT2D eigenvalue weighted by molar-refractivity contribution is 0.0920. The Balaban J connectivity index is 1.77. The van der Waals surface area contributed by atoms with Crippen molar-refractivity contribution < 1.29 is 4.79 Å². The van der Waals surface area contributed by atoms with Gasteiger partial charge >= 0.3 is 0 Å². The number of carbonyl (C=O) groups excluding carboxylic acids is 1. The minimum Gasteiger partial charge on any atom is -0.399 e. The lowest BCUT2D eigenvalue weighted by atomic mass is 9.84. The first kappa shape index (κ1) is 19.4. The number of benzene rings is 2. The fraction of sp³-hybridized carbons (Fsp3) is 0.360. The molecule has 4 nitrogen and oxygen atoms in total. The Labute approximate surface area is 172 Å². The van der Waals surface area contributed by atoms with Gasteiger partial charge in [-0.15, -0.1) is 0 Å². The monoisotopic (exact) mass is 387 g/mol. The Hall–Kier alpha value is -2.88. The highest BCUT2D eigenvalue weighted by atomic mass is 16.1. The summed E-state index contributed by atoms with van der Waals surface area (Å²) in [5, 5.41) is 4.15. The van der Waals surface area contributed by atoms with Gasteiger partial charge < -0.3 is 11.1 Å². The number of nitrogens with zero attached hydrogens (tertiary/aromatic N) is 1. The van der Waals surface area contributed by atoms with Crippen LogP contribution in [0.2, 0.25) is 0 Å². The summed E-state index contributed by atoms with van der Waals surface area (Å²) in [6, 6.07) is 15.8. The minimum absolute atomic E-state index is 0.0186. The number of fused-ring (bicyclic) bond motifs is 1. The highest BCUT2D eigenvalue weighted by Gasteiger charge is 2.24. The van der Waals surface area contributed by atoms with E-state index in [1.165, 1.54) is 32.1 Å². The third-order valence-electron chi connectivity index (χ3n) is 6.24. The summed E-state index contributed by atoms with van der Waals surface area (Å²) in [4.78, 5) is 18.3. The number of carbonyl (C=O) groups is 1. The summed E-state index contributed by atoms with van der Waals surface area (Å²) in [6.07, 6.45) is 6.23. The zero-order valence-corrected chi connectivity index (χ0v) is 17.2. The average molecular weight is 388 g/mol. The molecule has 0 radical (unpaired) electrons. The Morgan fingerprint density at radius 2 is 1.83 bits per heavy atom. The molecule has 3 N–H and O–H groups in total. The number of hydrogen-bond acceptors (Lipinski definition) is 3. The van der Waals surface area contributed by atoms with E-state index in [2.05, 4.69) is 12.2 Å². The van der Waals surface area contributed by atoms with Crippen molar-refractivity contribution >= 4 is 22.5 Å². The van der Waals surface area contributed by atoms with E-state index in [1.807, 2.05) is 55.5 Å². The van der Waals surface area contributed by atoms with Gasteiger partial charge in [0.1, 0.15) is 0 Å². The fourth-order valence-corrected chi connectivity index (χ4v) is 4.58. The fourth-order valence-electron chi connectivity index (χ4n) is 4.58. The Morgan fingerprint density at radius 3 is 2.55 bits per heavy atom. The maximum absolute atomic E-state index is 13.4. The van der Waals surface area contributed by atoms with Crippen molar-refractivity contribution in [2.75, 3.05) is 5.73 Å². The van der Waals surface area contributed by atoms with Gasteiger partial charge in [-0.3, -0.25) is 4.79 Å². The van der Waals surface area contributed by atoms with Gasteiger partial charge in [0.05, 0.1) is 16.8 Å². The smallest absolute Gasteiger partial charge is 0.252 e. The molecule has 4 heteroatoms. The van der Waals surface area contributed by atoms with E-state index in [0.717, 1.165) is 27.7 Å². The van der Waals surface area contributed by atoms with Crippen molar-refractivity contribution in [1.82, 2.24) is 10.3 Å². The van der Waals surface area contributed by atoms with Gasteiger partial charge in [0.15, 0.2) is 0 Å². The second-order valence-corrected chi connectivity index (χ2v) is 8.26. The van der Waals surface area contributed by atoms with E-state index < -0.39 is 0 Å². The number of nitrogen functional groups attached to an aromatic ring is 1. The maximum Gasteiger partial charge on any atom is 0.252 e. The van der Waals surface area contributed by atoms with Crippen LogP contribution in [-0.2, 0) is 0 Å². The molecule has 0 unspecified atom stereocenters. The number of aromatic nitrogens is 1. The van der Waals surface area contributed by atoms with Gasteiger partial charge in [-0.1, -0.05) is 49.6 Å². The average Bonchev–Trinajstić information content (AvgIpc) is 2.74. The van der Waals surface area contributed by atoms with E-state index >= 15 is 0 Å². The van der Waals surface area contributed by atoms with Crippen molar-refractivity contribution in [2.45, 2.75) is 52.0 Å². The highest BCUT2D eigenvalue weighted by Crippen LogP contribution is 2.31. The van der Waals surface area contributed by atoms with Crippen LogP contribution in [0.5, 0.6) is 0 Å². The molecule has 1 fully saturated rings. The van der Waals surface area contributed by atoms with Crippen molar-refractivity contribution in [3.05, 3.63) is 59.7 Å². The van der Waals surface area contributed by atoms with Crippen molar-refractivity contribution in [3.63, 3.8) is 0 Å². The first-order valence-corrected chi connectivity index (χ1v) is 10.6. The van der Waals surface area contributed by atoms with Crippen LogP contribution in [0.3, 0.4) is 0 Å². The van der Waals surface area contributed by atoms with Gasteiger partial charge in [0.2, 0.25) is 0 Å². The standard InChI is InChI=1S/C25H29N3O/c1-16-23(25(29)27-17(2)18-9-5-3-6-10-18)21-14-13-20(26)15-22(21)28-24(16)19-11-7-4-8-12-19/h4,7-8,11-15,17-18H,3,5-6,9-10,26H2,1-2H3,(H,27,29)/t17-/m0/s1. The van der Waals surface area contributed by atoms with E-state index in [4.69, 9.17) is 10.7 Å². The lowest BCUT2D eigenvalue weighted by Gasteiger charge is -2.28. The number of nitrogens with one attached hydrogen (secondary N) is 1. The van der Waals surface area contributed by atoms with Crippen LogP contribution in [0.1, 0.15) is 54.9 Å². The molecule has 1 saturated carbocycles.